The summed E-state index contributed by atoms with van der Waals surface area (Å²) < 4.78 is 27.8. The van der Waals surface area contributed by atoms with Crippen LogP contribution in [-0.2, 0) is 4.74 Å². The highest BCUT2D eigenvalue weighted by Gasteiger charge is 2.24. The molecule has 586 valence electrons. The number of methoxy groups -OCH3 is 4. The number of nitrogens with one attached hydrogen (secondary N) is 8. The van der Waals surface area contributed by atoms with E-state index in [1.807, 2.05) is 83.0 Å². The van der Waals surface area contributed by atoms with Gasteiger partial charge in [-0.25, -0.2) is 39.9 Å². The molecule has 8 N–H and O–H groups in total. The molecule has 1 saturated heterocycles. The number of anilines is 9. The summed E-state index contributed by atoms with van der Waals surface area (Å²) in [5, 5.41) is 63.5. The minimum absolute atomic E-state index is 0.603. The third-order valence-electron chi connectivity index (χ3n) is 20.3. The maximum absolute atomic E-state index is 5.63. The number of fused-ring (bicyclic) bond motifs is 4. The molecule has 0 amide bonds. The first-order valence-corrected chi connectivity index (χ1v) is 41.5. The second kappa shape index (κ2) is 35.4. The van der Waals surface area contributed by atoms with Crippen LogP contribution in [0.2, 0.25) is 0 Å². The van der Waals surface area contributed by atoms with Crippen LogP contribution in [0.3, 0.4) is 0 Å². The number of nitrogens with zero attached hydrogens (tertiary/aromatic N) is 14. The van der Waals surface area contributed by atoms with E-state index in [0.29, 0.717) is 51.7 Å². The van der Waals surface area contributed by atoms with Crippen LogP contribution in [0.5, 0.6) is 23.0 Å². The number of thiophene rings is 4. The van der Waals surface area contributed by atoms with Gasteiger partial charge in [0.2, 0.25) is 0 Å². The van der Waals surface area contributed by atoms with E-state index >= 15 is 0 Å². The third-order valence-corrected chi connectivity index (χ3v) is 23.0. The number of pyridine rings is 1. The van der Waals surface area contributed by atoms with E-state index in [0.717, 1.165) is 167 Å². The first-order chi connectivity index (χ1) is 57.7. The van der Waals surface area contributed by atoms with Crippen molar-refractivity contribution in [2.75, 3.05) is 80.9 Å². The lowest BCUT2D eigenvalue weighted by Crippen LogP contribution is -2.36. The predicted octanol–water partition coefficient (Wildman–Crippen LogP) is 20.3. The molecule has 27 nitrogen and oxygen atoms in total. The van der Waals surface area contributed by atoms with Gasteiger partial charge in [0.05, 0.1) is 109 Å². The lowest BCUT2D eigenvalue weighted by atomic mass is 9.84. The molecule has 1 aliphatic carbocycles. The molecule has 0 spiro atoms. The van der Waals surface area contributed by atoms with Gasteiger partial charge in [-0.1, -0.05) is 73.4 Å². The molecule has 2 aliphatic rings. The Labute approximate surface area is 687 Å². The molecular weight excluding hydrogens is 1550 g/mol. The van der Waals surface area contributed by atoms with E-state index in [-0.39, 0.29) is 0 Å². The van der Waals surface area contributed by atoms with Crippen LogP contribution in [0.15, 0.2) is 214 Å². The van der Waals surface area contributed by atoms with Gasteiger partial charge in [-0.05, 0) is 154 Å². The van der Waals surface area contributed by atoms with Crippen molar-refractivity contribution in [2.45, 2.75) is 44.9 Å². The van der Waals surface area contributed by atoms with Crippen molar-refractivity contribution in [3.63, 3.8) is 0 Å². The summed E-state index contributed by atoms with van der Waals surface area (Å²) in [6, 6.07) is 45.2. The van der Waals surface area contributed by atoms with E-state index in [4.69, 9.17) is 23.7 Å². The predicted molar refractivity (Wildman–Crippen MR) is 467 cm³/mol. The first kappa shape index (κ1) is 76.1. The minimum atomic E-state index is 0.603. The van der Waals surface area contributed by atoms with Gasteiger partial charge in [0.15, 0.2) is 22.6 Å². The van der Waals surface area contributed by atoms with Crippen LogP contribution in [0.4, 0.5) is 51.7 Å². The molecule has 1 saturated carbocycles. The Morgan fingerprint density at radius 2 is 0.778 bits per heavy atom. The standard InChI is InChI=1S/C23H19N5OS.C22H23N5OS.C21H16N6OS.C20H20N6O2S/c1-14-3-5-15(6-4-14)16-7-8-19(29-2)18(11-16)26-22-20-21(17-9-10-30-12-17)27-28-23(20)25-13-24-22;1-28-18-8-7-15(14-5-3-2-4-6-14)11-17(18)25-21-19-20(16-9-10-29-12-16)26-27-22(19)24-13-23-21;1-28-17-5-4-13(14-3-2-7-22-10-14)9-16(17)25-20-18-19(15-6-8-29-11-15)26-27-21(18)24-12-23-20;1-27-16-3-2-14(26-5-7-28-8-6-26)10-15(16)23-19-17-18(13-4-9-29-11-13)24-25-20(17)22-12-21-19/h3-13H,1-2H3,(H2,24,25,26,27,28);7-14H,2-6H2,1H3,(H2,23,24,25,26,27);2-12H,1H3,(H2,23,24,25,26,27);2-4,9-12H,5-8H2,1H3,(H2,21,22,23,24,25). The molecule has 0 unspecified atom stereocenters. The van der Waals surface area contributed by atoms with Crippen LogP contribution in [-0.4, -0.2) is 140 Å². The molecule has 13 aromatic heterocycles. The van der Waals surface area contributed by atoms with Crippen LogP contribution in [0.1, 0.15) is 49.1 Å². The van der Waals surface area contributed by atoms with Crippen LogP contribution in [0.25, 0.3) is 111 Å². The second-order valence-electron chi connectivity index (χ2n) is 27.3. The van der Waals surface area contributed by atoms with Gasteiger partial charge in [-0.2, -0.15) is 65.7 Å². The average molecular weight is 1630 g/mol. The van der Waals surface area contributed by atoms with Gasteiger partial charge in [-0.15, -0.1) is 0 Å². The number of ether oxygens (including phenoxy) is 5. The Kier molecular flexibility index (Phi) is 23.0. The van der Waals surface area contributed by atoms with Crippen LogP contribution < -0.4 is 45.1 Å². The van der Waals surface area contributed by atoms with Crippen LogP contribution in [0, 0.1) is 6.92 Å². The Morgan fingerprint density at radius 1 is 0.393 bits per heavy atom. The van der Waals surface area contributed by atoms with Gasteiger partial charge in [0, 0.05) is 80.5 Å². The van der Waals surface area contributed by atoms with Gasteiger partial charge in [0.25, 0.3) is 0 Å². The molecule has 1 aliphatic heterocycles. The molecule has 18 aromatic rings. The quantitative estimate of drug-likeness (QED) is 0.0351. The van der Waals surface area contributed by atoms with Gasteiger partial charge >= 0.3 is 0 Å². The molecular formula is C86H78N22O5S4. The Morgan fingerprint density at radius 3 is 1.17 bits per heavy atom. The summed E-state index contributed by atoms with van der Waals surface area (Å²) in [6.45, 7) is 5.29. The van der Waals surface area contributed by atoms with Crippen molar-refractivity contribution in [3.05, 3.63) is 225 Å². The highest BCUT2D eigenvalue weighted by atomic mass is 32.1. The summed E-state index contributed by atoms with van der Waals surface area (Å²) in [5.41, 5.74) is 21.7. The zero-order chi connectivity index (χ0) is 79.4. The summed E-state index contributed by atoms with van der Waals surface area (Å²) in [6.07, 6.45) is 16.1. The van der Waals surface area contributed by atoms with E-state index in [2.05, 4.69) is 218 Å². The monoisotopic (exact) mass is 1630 g/mol. The molecule has 0 bridgehead atoms. The Hall–Kier alpha value is -13.6. The topological polar surface area (TPSA) is 328 Å². The fraction of sp³-hybridized carbons (Fsp3) is 0.174. The summed E-state index contributed by atoms with van der Waals surface area (Å²) in [7, 11) is 6.68. The number of benzene rings is 5. The Bertz CT molecular complexity index is 6170. The molecule has 20 rings (SSSR count). The maximum Gasteiger partial charge on any atom is 0.186 e. The number of aromatic nitrogens is 17. The summed E-state index contributed by atoms with van der Waals surface area (Å²) in [5.74, 6) is 6.36. The van der Waals surface area contributed by atoms with Crippen molar-refractivity contribution in [2.24, 2.45) is 0 Å². The number of hydrogen-bond donors (Lipinski definition) is 8. The molecule has 0 atom stereocenters. The largest absolute Gasteiger partial charge is 0.495 e. The van der Waals surface area contributed by atoms with Crippen molar-refractivity contribution in [1.82, 2.24) is 85.6 Å². The highest BCUT2D eigenvalue weighted by molar-refractivity contribution is 7.09. The van der Waals surface area contributed by atoms with E-state index < -0.39 is 0 Å². The zero-order valence-corrected chi connectivity index (χ0v) is 67.4. The summed E-state index contributed by atoms with van der Waals surface area (Å²) >= 11 is 6.55. The lowest BCUT2D eigenvalue weighted by molar-refractivity contribution is 0.122. The molecule has 2 fully saturated rings. The molecule has 5 aromatic carbocycles. The molecule has 14 heterocycles. The number of hydrogen-bond acceptors (Lipinski definition) is 27. The van der Waals surface area contributed by atoms with Crippen molar-refractivity contribution in [1.29, 1.82) is 0 Å². The molecule has 117 heavy (non-hydrogen) atoms. The van der Waals surface area contributed by atoms with Crippen LogP contribution >= 0.6 is 45.3 Å². The van der Waals surface area contributed by atoms with Gasteiger partial charge in [-0.3, -0.25) is 25.4 Å². The fourth-order valence-corrected chi connectivity index (χ4v) is 16.9. The molecule has 31 heteroatoms. The number of rotatable bonds is 20. The fourth-order valence-electron chi connectivity index (χ4n) is 14.4. The highest BCUT2D eigenvalue weighted by Crippen LogP contribution is 2.44. The first-order valence-electron chi connectivity index (χ1n) is 37.7. The zero-order valence-electron chi connectivity index (χ0n) is 64.2. The smallest absolute Gasteiger partial charge is 0.186 e. The summed E-state index contributed by atoms with van der Waals surface area (Å²) in [4.78, 5) is 41.7. The second-order valence-corrected chi connectivity index (χ2v) is 30.5. The SMILES string of the molecule is COc1ccc(-c2ccc(C)cc2)cc1Nc1ncnc2n[nH]c(-c3ccsc3)c12.COc1ccc(-c2cccnc2)cc1Nc1ncnc2n[nH]c(-c3ccsc3)c12.COc1ccc(C2CCCCC2)cc1Nc1ncnc2n[nH]c(-c3ccsc3)c12.COc1ccc(N2CCOCC2)cc1Nc1ncnc2n[nH]c(-c3ccsc3)c12. The minimum Gasteiger partial charge on any atom is -0.495 e. The maximum atomic E-state index is 5.63. The van der Waals surface area contributed by atoms with Crippen molar-refractivity contribution in [3.8, 4) is 90.3 Å². The number of aryl methyl sites for hydroxylation is 1. The van der Waals surface area contributed by atoms with E-state index in [1.54, 1.807) is 86.3 Å². The Balaban J connectivity index is 0.000000112. The molecule has 0 radical (unpaired) electrons. The van der Waals surface area contributed by atoms with E-state index in [1.165, 1.54) is 62.2 Å². The van der Waals surface area contributed by atoms with E-state index in [9.17, 15) is 0 Å². The van der Waals surface area contributed by atoms with Crippen molar-refractivity contribution < 1.29 is 23.7 Å². The lowest BCUT2D eigenvalue weighted by Gasteiger charge is -2.29. The van der Waals surface area contributed by atoms with Crippen molar-refractivity contribution >= 4 is 141 Å². The average Bonchev–Trinajstić information content (AvgIpc) is 1.66. The number of H-pyrrole nitrogens is 4. The van der Waals surface area contributed by atoms with Gasteiger partial charge in [0.1, 0.15) is 71.6 Å². The normalized spacial score (nSPS) is 12.8. The third kappa shape index (κ3) is 16.7. The number of aromatic amines is 4. The van der Waals surface area contributed by atoms with Gasteiger partial charge < -0.3 is 49.9 Å². The number of morpholine rings is 1.